The van der Waals surface area contributed by atoms with Gasteiger partial charge in [0.1, 0.15) is 24.9 Å². The van der Waals surface area contributed by atoms with Gasteiger partial charge in [-0.15, -0.1) is 6.58 Å². The molecule has 1 aromatic rings. The summed E-state index contributed by atoms with van der Waals surface area (Å²) in [7, 11) is 0. The van der Waals surface area contributed by atoms with Crippen LogP contribution in [0.1, 0.15) is 33.3 Å². The van der Waals surface area contributed by atoms with Gasteiger partial charge in [-0.05, 0) is 33.3 Å². The smallest absolute Gasteiger partial charge is 0.410 e. The summed E-state index contributed by atoms with van der Waals surface area (Å²) in [6, 6.07) is 9.05. The first-order chi connectivity index (χ1) is 14.7. The number of carbonyl (C=O) groups is 1. The van der Waals surface area contributed by atoms with Gasteiger partial charge in [-0.25, -0.2) is 4.79 Å². The first-order valence-electron chi connectivity index (χ1n) is 10.6. The van der Waals surface area contributed by atoms with E-state index in [0.717, 1.165) is 5.56 Å². The fourth-order valence-corrected chi connectivity index (χ4v) is 4.31. The standard InChI is InChI=1S/C23H31NO7/c1-6-12-24(21(25)26-13-15-10-8-7-9-11-15)17-18(16-14-27-22(2,3)29-16)28-20-19(17)30-23(4,5)31-20/h6-11,16-20H,1,12-14H2,2-5H3/t16-,17-,18-,19-,20-/m1/s1. The van der Waals surface area contributed by atoms with Gasteiger partial charge in [0.15, 0.2) is 17.9 Å². The average molecular weight is 434 g/mol. The first kappa shape index (κ1) is 22.2. The molecule has 31 heavy (non-hydrogen) atoms. The van der Waals surface area contributed by atoms with E-state index < -0.39 is 42.2 Å². The highest BCUT2D eigenvalue weighted by atomic mass is 16.8. The summed E-state index contributed by atoms with van der Waals surface area (Å²) in [5, 5.41) is 0. The monoisotopic (exact) mass is 433 g/mol. The second kappa shape index (κ2) is 8.52. The lowest BCUT2D eigenvalue weighted by atomic mass is 10.0. The highest BCUT2D eigenvalue weighted by Crippen LogP contribution is 2.42. The zero-order chi connectivity index (χ0) is 22.2. The summed E-state index contributed by atoms with van der Waals surface area (Å²) in [6.45, 7) is 11.9. The molecule has 5 atom stereocenters. The van der Waals surface area contributed by atoms with Crippen LogP contribution in [0.5, 0.6) is 0 Å². The minimum absolute atomic E-state index is 0.165. The third kappa shape index (κ3) is 4.78. The van der Waals surface area contributed by atoms with Crippen molar-refractivity contribution < 1.29 is 33.2 Å². The van der Waals surface area contributed by atoms with Crippen molar-refractivity contribution in [1.82, 2.24) is 4.90 Å². The number of rotatable bonds is 6. The second-order valence-corrected chi connectivity index (χ2v) is 8.91. The molecule has 0 aliphatic carbocycles. The fourth-order valence-electron chi connectivity index (χ4n) is 4.31. The maximum absolute atomic E-state index is 13.2. The molecule has 3 fully saturated rings. The summed E-state index contributed by atoms with van der Waals surface area (Å²) < 4.78 is 35.7. The van der Waals surface area contributed by atoms with Crippen LogP contribution in [0.15, 0.2) is 43.0 Å². The van der Waals surface area contributed by atoms with Crippen molar-refractivity contribution in [3.05, 3.63) is 48.6 Å². The molecule has 0 unspecified atom stereocenters. The van der Waals surface area contributed by atoms with Crippen LogP contribution >= 0.6 is 0 Å². The Morgan fingerprint density at radius 3 is 2.52 bits per heavy atom. The van der Waals surface area contributed by atoms with Crippen LogP contribution in [0, 0.1) is 0 Å². The van der Waals surface area contributed by atoms with Crippen LogP contribution in [-0.4, -0.2) is 66.4 Å². The lowest BCUT2D eigenvalue weighted by Gasteiger charge is -2.35. The molecule has 4 rings (SSSR count). The topological polar surface area (TPSA) is 75.7 Å². The maximum atomic E-state index is 13.2. The number of amides is 1. The van der Waals surface area contributed by atoms with E-state index >= 15 is 0 Å². The van der Waals surface area contributed by atoms with Crippen LogP contribution in [-0.2, 0) is 35.0 Å². The summed E-state index contributed by atoms with van der Waals surface area (Å²) in [4.78, 5) is 14.8. The van der Waals surface area contributed by atoms with E-state index in [4.69, 9.17) is 28.4 Å². The third-order valence-corrected chi connectivity index (χ3v) is 5.57. The minimum atomic E-state index is -0.821. The van der Waals surface area contributed by atoms with Gasteiger partial charge in [-0.2, -0.15) is 0 Å². The molecule has 0 spiro atoms. The fraction of sp³-hybridized carbons (Fsp3) is 0.609. The molecule has 3 aliphatic heterocycles. The molecular weight excluding hydrogens is 402 g/mol. The molecular formula is C23H31NO7. The Morgan fingerprint density at radius 1 is 1.13 bits per heavy atom. The van der Waals surface area contributed by atoms with Crippen LogP contribution < -0.4 is 0 Å². The molecule has 170 valence electrons. The van der Waals surface area contributed by atoms with Gasteiger partial charge in [-0.3, -0.25) is 4.90 Å². The molecule has 8 nitrogen and oxygen atoms in total. The molecule has 1 aromatic carbocycles. The normalized spacial score (nSPS) is 33.1. The van der Waals surface area contributed by atoms with Gasteiger partial charge in [0.25, 0.3) is 0 Å². The molecule has 3 heterocycles. The van der Waals surface area contributed by atoms with Gasteiger partial charge in [0.05, 0.1) is 12.6 Å². The molecule has 0 bridgehead atoms. The van der Waals surface area contributed by atoms with Crippen LogP contribution in [0.25, 0.3) is 0 Å². The number of hydrogen-bond donors (Lipinski definition) is 0. The summed E-state index contributed by atoms with van der Waals surface area (Å²) in [5.41, 5.74) is 0.905. The van der Waals surface area contributed by atoms with E-state index in [0.29, 0.717) is 6.61 Å². The molecule has 8 heteroatoms. The summed E-state index contributed by atoms with van der Waals surface area (Å²) >= 11 is 0. The van der Waals surface area contributed by atoms with Gasteiger partial charge in [0, 0.05) is 6.54 Å². The first-order valence-corrected chi connectivity index (χ1v) is 10.6. The van der Waals surface area contributed by atoms with E-state index in [1.807, 2.05) is 58.0 Å². The van der Waals surface area contributed by atoms with Gasteiger partial charge >= 0.3 is 6.09 Å². The molecule has 0 aromatic heterocycles. The molecule has 0 radical (unpaired) electrons. The molecule has 3 saturated heterocycles. The number of fused-ring (bicyclic) bond motifs is 1. The van der Waals surface area contributed by atoms with E-state index in [2.05, 4.69) is 6.58 Å². The minimum Gasteiger partial charge on any atom is -0.445 e. The quantitative estimate of drug-likeness (QED) is 0.638. The number of hydrogen-bond acceptors (Lipinski definition) is 7. The van der Waals surface area contributed by atoms with Crippen molar-refractivity contribution in [2.24, 2.45) is 0 Å². The van der Waals surface area contributed by atoms with Gasteiger partial charge in [0.2, 0.25) is 0 Å². The predicted molar refractivity (Wildman–Crippen MR) is 111 cm³/mol. The zero-order valence-electron chi connectivity index (χ0n) is 18.5. The van der Waals surface area contributed by atoms with Gasteiger partial charge in [-0.1, -0.05) is 36.4 Å². The zero-order valence-corrected chi connectivity index (χ0v) is 18.5. The second-order valence-electron chi connectivity index (χ2n) is 8.91. The Kier molecular flexibility index (Phi) is 6.11. The predicted octanol–water partition coefficient (Wildman–Crippen LogP) is 3.21. The van der Waals surface area contributed by atoms with Crippen molar-refractivity contribution in [1.29, 1.82) is 0 Å². The van der Waals surface area contributed by atoms with Crippen LogP contribution in [0.2, 0.25) is 0 Å². The van der Waals surface area contributed by atoms with E-state index in [-0.39, 0.29) is 19.3 Å². The lowest BCUT2D eigenvalue weighted by Crippen LogP contribution is -2.55. The van der Waals surface area contributed by atoms with E-state index in [1.54, 1.807) is 11.0 Å². The Balaban J connectivity index is 1.56. The van der Waals surface area contributed by atoms with Crippen LogP contribution in [0.4, 0.5) is 4.79 Å². The number of nitrogens with zero attached hydrogens (tertiary/aromatic N) is 1. The van der Waals surface area contributed by atoms with Crippen molar-refractivity contribution in [2.45, 2.75) is 76.5 Å². The lowest BCUT2D eigenvalue weighted by molar-refractivity contribution is -0.227. The number of ether oxygens (including phenoxy) is 6. The Morgan fingerprint density at radius 2 is 1.87 bits per heavy atom. The molecule has 0 saturated carbocycles. The Bertz CT molecular complexity index is 796. The van der Waals surface area contributed by atoms with Gasteiger partial charge < -0.3 is 28.4 Å². The van der Waals surface area contributed by atoms with Crippen molar-refractivity contribution >= 4 is 6.09 Å². The highest BCUT2D eigenvalue weighted by molar-refractivity contribution is 5.68. The Labute approximate surface area is 183 Å². The maximum Gasteiger partial charge on any atom is 0.410 e. The van der Waals surface area contributed by atoms with Crippen molar-refractivity contribution in [3.63, 3.8) is 0 Å². The van der Waals surface area contributed by atoms with Crippen molar-refractivity contribution in [2.75, 3.05) is 13.2 Å². The number of carbonyl (C=O) groups excluding carboxylic acids is 1. The molecule has 1 amide bonds. The van der Waals surface area contributed by atoms with E-state index in [1.165, 1.54) is 0 Å². The highest BCUT2D eigenvalue weighted by Gasteiger charge is 2.60. The third-order valence-electron chi connectivity index (χ3n) is 5.57. The largest absolute Gasteiger partial charge is 0.445 e. The van der Waals surface area contributed by atoms with E-state index in [9.17, 15) is 4.79 Å². The molecule has 0 N–H and O–H groups in total. The van der Waals surface area contributed by atoms with Crippen LogP contribution in [0.3, 0.4) is 0 Å². The number of benzene rings is 1. The summed E-state index contributed by atoms with van der Waals surface area (Å²) in [6.07, 6.45) is -0.810. The van der Waals surface area contributed by atoms with Crippen molar-refractivity contribution in [3.8, 4) is 0 Å². The summed E-state index contributed by atoms with van der Waals surface area (Å²) in [5.74, 6) is -1.55. The SMILES string of the molecule is C=CCN(C(=O)OCc1ccccc1)[C@H]1[C@H]2OC(C)(C)O[C@H]2O[C@@H]1[C@H]1COC(C)(C)O1. The molecule has 3 aliphatic rings. The Hall–Kier alpha value is -1.97. The average Bonchev–Trinajstić information content (AvgIpc) is 3.33.